The summed E-state index contributed by atoms with van der Waals surface area (Å²) >= 11 is 0. The molecular formula is C29H29N3. The minimum atomic E-state index is 0.280. The number of anilines is 2. The number of benzene rings is 3. The molecule has 1 aliphatic carbocycles. The fourth-order valence-electron chi connectivity index (χ4n) is 6.96. The molecule has 2 aliphatic heterocycles. The van der Waals surface area contributed by atoms with Gasteiger partial charge in [-0.15, -0.1) is 0 Å². The number of rotatable bonds is 1. The molecule has 3 heteroatoms. The van der Waals surface area contributed by atoms with Crippen LogP contribution in [0.1, 0.15) is 61.5 Å². The maximum absolute atomic E-state index is 5.03. The van der Waals surface area contributed by atoms with E-state index in [9.17, 15) is 0 Å². The van der Waals surface area contributed by atoms with Crippen LogP contribution in [0.25, 0.3) is 16.7 Å². The number of hydrogen-bond acceptors (Lipinski definition) is 2. The lowest BCUT2D eigenvalue weighted by molar-refractivity contribution is 0.268. The quantitative estimate of drug-likeness (QED) is 0.292. The summed E-state index contributed by atoms with van der Waals surface area (Å²) in [6, 6.07) is 23.1. The maximum atomic E-state index is 5.03. The molecule has 0 N–H and O–H groups in total. The molecule has 1 spiro atoms. The lowest BCUT2D eigenvalue weighted by atomic mass is 9.67. The molecule has 1 atom stereocenters. The molecule has 160 valence electrons. The Kier molecular flexibility index (Phi) is 3.74. The minimum absolute atomic E-state index is 0.280. The number of imidazole rings is 1. The summed E-state index contributed by atoms with van der Waals surface area (Å²) in [5.41, 5.74) is 10.9. The number of hydrogen-bond donors (Lipinski definition) is 0. The van der Waals surface area contributed by atoms with Crippen LogP contribution in [0.15, 0.2) is 60.7 Å². The van der Waals surface area contributed by atoms with Crippen LogP contribution in [-0.2, 0) is 11.8 Å². The molecule has 7 rings (SSSR count). The van der Waals surface area contributed by atoms with Crippen molar-refractivity contribution in [2.45, 2.75) is 63.8 Å². The fourth-order valence-corrected chi connectivity index (χ4v) is 6.96. The largest absolute Gasteiger partial charge is 0.337 e. The van der Waals surface area contributed by atoms with E-state index in [1.807, 2.05) is 0 Å². The molecule has 0 saturated heterocycles. The average Bonchev–Trinajstić information content (AvgIpc) is 3.42. The van der Waals surface area contributed by atoms with Crippen molar-refractivity contribution in [3.05, 3.63) is 83.2 Å². The first-order valence-corrected chi connectivity index (χ1v) is 12.2. The highest BCUT2D eigenvalue weighted by Gasteiger charge is 2.49. The highest BCUT2D eigenvalue weighted by molar-refractivity contribution is 5.88. The van der Waals surface area contributed by atoms with Crippen LogP contribution >= 0.6 is 0 Å². The predicted octanol–water partition coefficient (Wildman–Crippen LogP) is 6.98. The van der Waals surface area contributed by atoms with Gasteiger partial charge in [-0.1, -0.05) is 55.7 Å². The molecule has 0 unspecified atom stereocenters. The average molecular weight is 420 g/mol. The standard InChI is InChI=1S/C29H29N3/c1-19-16-23-27(32-24-12-6-4-10-21(24)17-28(32)30-23)18-26(19)31-20(2)29(14-8-3-9-15-29)22-11-5-7-13-25(22)31/h4-7,10-13,16,18,20H,3,8-9,14-15,17H2,1-2H3/t20-/m0/s1. The SMILES string of the molecule is Cc1cc2nc3n(c2cc1N1c2ccccc2C2(CCCCC2)[C@@H]1C)-c1ccccc1C3. The first-order chi connectivity index (χ1) is 15.7. The number of para-hydroxylation sites is 2. The molecule has 4 aromatic rings. The Morgan fingerprint density at radius 1 is 0.875 bits per heavy atom. The monoisotopic (exact) mass is 419 g/mol. The second kappa shape index (κ2) is 6.48. The van der Waals surface area contributed by atoms with Gasteiger partial charge >= 0.3 is 0 Å². The molecule has 0 amide bonds. The van der Waals surface area contributed by atoms with Gasteiger partial charge in [-0.05, 0) is 67.6 Å². The summed E-state index contributed by atoms with van der Waals surface area (Å²) in [7, 11) is 0. The lowest BCUT2D eigenvalue weighted by Crippen LogP contribution is -2.42. The van der Waals surface area contributed by atoms with Crippen molar-refractivity contribution >= 4 is 22.4 Å². The molecular weight excluding hydrogens is 390 g/mol. The van der Waals surface area contributed by atoms with Gasteiger partial charge in [0.25, 0.3) is 0 Å². The molecule has 0 radical (unpaired) electrons. The fraction of sp³-hybridized carbons (Fsp3) is 0.345. The Balaban J connectivity index is 1.44. The van der Waals surface area contributed by atoms with Crippen LogP contribution in [0.4, 0.5) is 11.4 Å². The minimum Gasteiger partial charge on any atom is -0.337 e. The topological polar surface area (TPSA) is 21.1 Å². The van der Waals surface area contributed by atoms with E-state index < -0.39 is 0 Å². The highest BCUT2D eigenvalue weighted by Crippen LogP contribution is 2.55. The predicted molar refractivity (Wildman–Crippen MR) is 131 cm³/mol. The van der Waals surface area contributed by atoms with Crippen LogP contribution in [0, 0.1) is 6.92 Å². The van der Waals surface area contributed by atoms with Crippen molar-refractivity contribution in [3.63, 3.8) is 0 Å². The van der Waals surface area contributed by atoms with Crippen molar-refractivity contribution < 1.29 is 0 Å². The number of nitrogens with zero attached hydrogens (tertiary/aromatic N) is 3. The maximum Gasteiger partial charge on any atom is 0.118 e. The summed E-state index contributed by atoms with van der Waals surface area (Å²) in [4.78, 5) is 7.68. The molecule has 1 fully saturated rings. The second-order valence-corrected chi connectivity index (χ2v) is 10.1. The van der Waals surface area contributed by atoms with Gasteiger partial charge in [0.1, 0.15) is 5.82 Å². The summed E-state index contributed by atoms with van der Waals surface area (Å²) in [6.07, 6.45) is 7.60. The van der Waals surface area contributed by atoms with E-state index in [-0.39, 0.29) is 5.41 Å². The third-order valence-corrected chi connectivity index (χ3v) is 8.52. The van der Waals surface area contributed by atoms with Crippen LogP contribution in [0.3, 0.4) is 0 Å². The Hall–Kier alpha value is -3.07. The smallest absolute Gasteiger partial charge is 0.118 e. The van der Waals surface area contributed by atoms with Gasteiger partial charge in [-0.3, -0.25) is 4.57 Å². The van der Waals surface area contributed by atoms with E-state index in [0.717, 1.165) is 17.8 Å². The Morgan fingerprint density at radius 3 is 2.47 bits per heavy atom. The number of aryl methyl sites for hydroxylation is 1. The zero-order chi connectivity index (χ0) is 21.4. The van der Waals surface area contributed by atoms with Crippen LogP contribution < -0.4 is 4.90 Å². The van der Waals surface area contributed by atoms with Gasteiger partial charge < -0.3 is 4.90 Å². The summed E-state index contributed by atoms with van der Waals surface area (Å²) in [5.74, 6) is 1.16. The van der Waals surface area contributed by atoms with Crippen molar-refractivity contribution in [1.29, 1.82) is 0 Å². The van der Waals surface area contributed by atoms with E-state index in [1.165, 1.54) is 65.8 Å². The van der Waals surface area contributed by atoms with Crippen molar-refractivity contribution in [3.8, 4) is 5.69 Å². The van der Waals surface area contributed by atoms with Crippen molar-refractivity contribution in [2.75, 3.05) is 4.90 Å². The van der Waals surface area contributed by atoms with Crippen molar-refractivity contribution in [2.24, 2.45) is 0 Å². The normalized spacial score (nSPS) is 20.6. The molecule has 1 saturated carbocycles. The van der Waals surface area contributed by atoms with E-state index >= 15 is 0 Å². The summed E-state index contributed by atoms with van der Waals surface area (Å²) in [5, 5.41) is 0. The van der Waals surface area contributed by atoms with Gasteiger partial charge in [0.2, 0.25) is 0 Å². The zero-order valence-electron chi connectivity index (χ0n) is 18.9. The number of fused-ring (bicyclic) bond motifs is 7. The molecule has 3 heterocycles. The third-order valence-electron chi connectivity index (χ3n) is 8.52. The van der Waals surface area contributed by atoms with Gasteiger partial charge in [0, 0.05) is 29.3 Å². The van der Waals surface area contributed by atoms with E-state index in [0.29, 0.717) is 6.04 Å². The second-order valence-electron chi connectivity index (χ2n) is 10.1. The Labute approximate surface area is 189 Å². The van der Waals surface area contributed by atoms with Crippen LogP contribution in [0.2, 0.25) is 0 Å². The zero-order valence-corrected chi connectivity index (χ0v) is 18.9. The summed E-state index contributed by atoms with van der Waals surface area (Å²) in [6.45, 7) is 4.72. The van der Waals surface area contributed by atoms with Crippen LogP contribution in [-0.4, -0.2) is 15.6 Å². The van der Waals surface area contributed by atoms with Crippen LogP contribution in [0.5, 0.6) is 0 Å². The van der Waals surface area contributed by atoms with E-state index in [1.54, 1.807) is 5.56 Å². The molecule has 0 bridgehead atoms. The van der Waals surface area contributed by atoms with E-state index in [4.69, 9.17) is 4.98 Å². The van der Waals surface area contributed by atoms with Gasteiger partial charge in [-0.25, -0.2) is 4.98 Å². The third kappa shape index (κ3) is 2.29. The summed E-state index contributed by atoms with van der Waals surface area (Å²) < 4.78 is 2.39. The van der Waals surface area contributed by atoms with Gasteiger partial charge in [0.15, 0.2) is 0 Å². The molecule has 32 heavy (non-hydrogen) atoms. The Bertz CT molecular complexity index is 1370. The Morgan fingerprint density at radius 2 is 1.62 bits per heavy atom. The molecule has 3 nitrogen and oxygen atoms in total. The molecule has 3 aromatic carbocycles. The first-order valence-electron chi connectivity index (χ1n) is 12.2. The van der Waals surface area contributed by atoms with Gasteiger partial charge in [0.05, 0.1) is 16.7 Å². The first kappa shape index (κ1) is 18.5. The molecule has 3 aliphatic rings. The van der Waals surface area contributed by atoms with Crippen molar-refractivity contribution in [1.82, 2.24) is 9.55 Å². The molecule has 1 aromatic heterocycles. The van der Waals surface area contributed by atoms with E-state index in [2.05, 4.69) is 84.0 Å². The highest BCUT2D eigenvalue weighted by atomic mass is 15.2. The lowest BCUT2D eigenvalue weighted by Gasteiger charge is -2.40. The number of aromatic nitrogens is 2. The van der Waals surface area contributed by atoms with Gasteiger partial charge in [-0.2, -0.15) is 0 Å².